The van der Waals surface area contributed by atoms with E-state index in [2.05, 4.69) is 16.9 Å². The van der Waals surface area contributed by atoms with E-state index >= 15 is 0 Å². The zero-order valence-electron chi connectivity index (χ0n) is 19.7. The summed E-state index contributed by atoms with van der Waals surface area (Å²) in [4.78, 5) is 21.0. The molecule has 0 saturated carbocycles. The maximum atomic E-state index is 12.1. The van der Waals surface area contributed by atoms with Crippen molar-refractivity contribution in [1.82, 2.24) is 9.97 Å². The van der Waals surface area contributed by atoms with Crippen LogP contribution in [0.1, 0.15) is 78.6 Å². The second-order valence-electron chi connectivity index (χ2n) is 8.62. The number of benzene rings is 1. The number of alkyl halides is 1. The Labute approximate surface area is 202 Å². The number of carbonyl (C=O) groups excluding carboxylic acids is 1. The van der Waals surface area contributed by atoms with Crippen molar-refractivity contribution >= 4 is 29.3 Å². The number of unbranched alkanes of at least 4 members (excludes halogenated alkanes) is 7. The molecule has 0 fully saturated rings. The summed E-state index contributed by atoms with van der Waals surface area (Å²) in [5.41, 5.74) is 1.92. The molecule has 0 N–H and O–H groups in total. The van der Waals surface area contributed by atoms with Gasteiger partial charge in [0, 0.05) is 23.7 Å². The fourth-order valence-electron chi connectivity index (χ4n) is 3.34. The minimum atomic E-state index is -0.626. The maximum absolute atomic E-state index is 12.1. The van der Waals surface area contributed by atoms with Gasteiger partial charge in [-0.25, -0.2) is 9.97 Å². The van der Waals surface area contributed by atoms with Gasteiger partial charge in [0.05, 0.1) is 0 Å². The first-order chi connectivity index (χ1) is 15.5. The van der Waals surface area contributed by atoms with Crippen LogP contribution in [0.5, 0.6) is 5.75 Å². The fourth-order valence-corrected chi connectivity index (χ4v) is 4.53. The predicted molar refractivity (Wildman–Crippen MR) is 136 cm³/mol. The molecule has 2 aromatic rings. The van der Waals surface area contributed by atoms with Gasteiger partial charge in [0.1, 0.15) is 11.1 Å². The molecule has 2 rings (SSSR count). The van der Waals surface area contributed by atoms with E-state index in [1.807, 2.05) is 38.4 Å². The molecule has 0 amide bonds. The lowest BCUT2D eigenvalue weighted by Crippen LogP contribution is -2.22. The summed E-state index contributed by atoms with van der Waals surface area (Å²) in [6.07, 6.45) is 14.9. The normalized spacial score (nSPS) is 12.2. The van der Waals surface area contributed by atoms with Gasteiger partial charge in [0.25, 0.3) is 0 Å². The van der Waals surface area contributed by atoms with Crippen molar-refractivity contribution in [3.63, 3.8) is 0 Å². The van der Waals surface area contributed by atoms with Gasteiger partial charge < -0.3 is 4.74 Å². The fraction of sp³-hybridized carbons (Fsp3) is 0.577. The summed E-state index contributed by atoms with van der Waals surface area (Å²) in [5.74, 6) is 1.49. The van der Waals surface area contributed by atoms with Gasteiger partial charge >= 0.3 is 5.97 Å². The van der Waals surface area contributed by atoms with E-state index in [0.717, 1.165) is 22.0 Å². The van der Waals surface area contributed by atoms with Crippen molar-refractivity contribution in [2.75, 3.05) is 5.75 Å². The Morgan fingerprint density at radius 1 is 0.938 bits per heavy atom. The van der Waals surface area contributed by atoms with Gasteiger partial charge in [-0.1, -0.05) is 89.6 Å². The number of hydrogen-bond donors (Lipinski definition) is 0. The van der Waals surface area contributed by atoms with Crippen molar-refractivity contribution in [3.05, 3.63) is 36.7 Å². The molecule has 1 aromatic carbocycles. The Kier molecular flexibility index (Phi) is 12.7. The Hall–Kier alpha value is -1.59. The first kappa shape index (κ1) is 26.7. The van der Waals surface area contributed by atoms with Crippen molar-refractivity contribution in [3.8, 4) is 16.9 Å². The van der Waals surface area contributed by atoms with Crippen molar-refractivity contribution in [2.45, 2.75) is 89.1 Å². The van der Waals surface area contributed by atoms with Crippen LogP contribution in [0.25, 0.3) is 11.1 Å². The molecule has 0 aliphatic heterocycles. The lowest BCUT2D eigenvalue weighted by molar-refractivity contribution is -0.134. The summed E-state index contributed by atoms with van der Waals surface area (Å²) in [5, 5.41) is 0.194. The Morgan fingerprint density at radius 3 is 2.12 bits per heavy atom. The van der Waals surface area contributed by atoms with Crippen molar-refractivity contribution in [1.29, 1.82) is 0 Å². The van der Waals surface area contributed by atoms with Crippen LogP contribution in [0.15, 0.2) is 41.8 Å². The van der Waals surface area contributed by atoms with E-state index in [9.17, 15) is 4.79 Å². The van der Waals surface area contributed by atoms with Crippen LogP contribution < -0.4 is 4.74 Å². The molecular formula is C26H37ClN2O2S. The molecule has 1 unspecified atom stereocenters. The number of ether oxygens (including phenoxy) is 1. The molecule has 4 nitrogen and oxygen atoms in total. The molecule has 0 bridgehead atoms. The van der Waals surface area contributed by atoms with Crippen LogP contribution >= 0.6 is 23.4 Å². The van der Waals surface area contributed by atoms with Gasteiger partial charge in [-0.15, -0.1) is 11.6 Å². The highest BCUT2D eigenvalue weighted by Crippen LogP contribution is 2.24. The molecule has 0 aliphatic rings. The summed E-state index contributed by atoms with van der Waals surface area (Å²) in [6, 6.07) is 7.36. The highest BCUT2D eigenvalue weighted by atomic mass is 35.5. The van der Waals surface area contributed by atoms with Crippen LogP contribution in [0.2, 0.25) is 0 Å². The number of nitrogens with zero attached hydrogens (tertiary/aromatic N) is 2. The summed E-state index contributed by atoms with van der Waals surface area (Å²) in [7, 11) is 0. The maximum Gasteiger partial charge on any atom is 0.329 e. The molecule has 1 heterocycles. The van der Waals surface area contributed by atoms with Crippen molar-refractivity contribution < 1.29 is 9.53 Å². The predicted octanol–water partition coefficient (Wildman–Crippen LogP) is 7.94. The molecule has 6 heteroatoms. The SMILES string of the molecule is CCCCCCCCCCSc1ncc(-c2ccc(OC(=O)C(Cl)CC(C)C)cc2)cn1. The minimum absolute atomic E-state index is 0.342. The van der Waals surface area contributed by atoms with Gasteiger partial charge in [-0.2, -0.15) is 0 Å². The monoisotopic (exact) mass is 476 g/mol. The topological polar surface area (TPSA) is 52.1 Å². The number of halogens is 1. The number of hydrogen-bond acceptors (Lipinski definition) is 5. The van der Waals surface area contributed by atoms with Gasteiger partial charge in [-0.05, 0) is 36.5 Å². The zero-order chi connectivity index (χ0) is 23.2. The summed E-state index contributed by atoms with van der Waals surface area (Å²) >= 11 is 7.83. The van der Waals surface area contributed by atoms with E-state index in [4.69, 9.17) is 16.3 Å². The van der Waals surface area contributed by atoms with E-state index in [1.54, 1.807) is 23.9 Å². The molecule has 176 valence electrons. The standard InChI is InChI=1S/C26H37ClN2O2S/c1-4-5-6-7-8-9-10-11-16-32-26-28-18-22(19-29-26)21-12-14-23(15-13-21)31-25(30)24(27)17-20(2)3/h12-15,18-20,24H,4-11,16-17H2,1-3H3. The van der Waals surface area contributed by atoms with Crippen LogP contribution in [0.4, 0.5) is 0 Å². The van der Waals surface area contributed by atoms with Gasteiger partial charge in [-0.3, -0.25) is 4.79 Å². The van der Waals surface area contributed by atoms with Crippen LogP contribution in [0.3, 0.4) is 0 Å². The number of rotatable bonds is 15. The van der Waals surface area contributed by atoms with E-state index < -0.39 is 11.3 Å². The molecule has 0 spiro atoms. The van der Waals surface area contributed by atoms with Gasteiger partial charge in [0.15, 0.2) is 5.16 Å². The average molecular weight is 477 g/mol. The van der Waals surface area contributed by atoms with E-state index in [0.29, 0.717) is 18.1 Å². The highest BCUT2D eigenvalue weighted by molar-refractivity contribution is 7.99. The third kappa shape index (κ3) is 10.4. The number of carbonyl (C=O) groups is 1. The van der Waals surface area contributed by atoms with Crippen LogP contribution in [-0.4, -0.2) is 27.1 Å². The second-order valence-corrected chi connectivity index (χ2v) is 10.2. The highest BCUT2D eigenvalue weighted by Gasteiger charge is 2.19. The molecule has 0 aliphatic carbocycles. The van der Waals surface area contributed by atoms with Crippen LogP contribution in [0, 0.1) is 5.92 Å². The largest absolute Gasteiger partial charge is 0.425 e. The number of thioether (sulfide) groups is 1. The molecule has 0 saturated heterocycles. The molecular weight excluding hydrogens is 440 g/mol. The quantitative estimate of drug-likeness (QED) is 0.0651. The smallest absolute Gasteiger partial charge is 0.329 e. The Morgan fingerprint density at radius 2 is 1.53 bits per heavy atom. The lowest BCUT2D eigenvalue weighted by Gasteiger charge is -2.11. The number of esters is 1. The Bertz CT molecular complexity index is 781. The second kappa shape index (κ2) is 15.3. The summed E-state index contributed by atoms with van der Waals surface area (Å²) < 4.78 is 5.38. The van der Waals surface area contributed by atoms with Gasteiger partial charge in [0.2, 0.25) is 0 Å². The summed E-state index contributed by atoms with van der Waals surface area (Å²) in [6.45, 7) is 6.31. The number of aromatic nitrogens is 2. The third-order valence-corrected chi connectivity index (χ3v) is 6.52. The first-order valence-electron chi connectivity index (χ1n) is 11.9. The first-order valence-corrected chi connectivity index (χ1v) is 13.3. The lowest BCUT2D eigenvalue weighted by atomic mass is 10.1. The molecule has 32 heavy (non-hydrogen) atoms. The van der Waals surface area contributed by atoms with Crippen LogP contribution in [-0.2, 0) is 4.79 Å². The molecule has 1 atom stereocenters. The Balaban J connectivity index is 1.72. The minimum Gasteiger partial charge on any atom is -0.425 e. The third-order valence-electron chi connectivity index (χ3n) is 5.20. The van der Waals surface area contributed by atoms with E-state index in [1.165, 1.54) is 51.4 Å². The molecule has 1 aromatic heterocycles. The average Bonchev–Trinajstić information content (AvgIpc) is 2.78. The zero-order valence-corrected chi connectivity index (χ0v) is 21.3. The molecule has 0 radical (unpaired) electrons. The van der Waals surface area contributed by atoms with Crippen molar-refractivity contribution in [2.24, 2.45) is 5.92 Å². The van der Waals surface area contributed by atoms with E-state index in [-0.39, 0.29) is 0 Å².